The molecule has 4 aromatic carbocycles. The van der Waals surface area contributed by atoms with Crippen molar-refractivity contribution in [3.8, 4) is 17.9 Å². The van der Waals surface area contributed by atoms with Crippen LogP contribution in [0, 0.1) is 45.9 Å². The highest BCUT2D eigenvalue weighted by Crippen LogP contribution is 2.37. The standard InChI is InChI=1S/C24H24FN3O3.C23H20F3N3O2/c1-5-24(14-16-9-11-18(25)12-10-16)23(30)27(2)20(22(29)28(24)3)13-19-17(15-26)7-6-8-21(19)31-4;1-4-23(12-14-5-8-16(24)9-6-14)22(31)28(2)19(21(30)29(23)3)11-17-15(13-27)7-10-18(25)20(17)26/h6-13H,5,14H2,1-4H3;5-11H,4,12H2,1-3H3. The van der Waals surface area contributed by atoms with Gasteiger partial charge in [-0.15, -0.1) is 0 Å². The number of amides is 4. The second kappa shape index (κ2) is 18.6. The summed E-state index contributed by atoms with van der Waals surface area (Å²) in [5.41, 5.74) is -0.739. The number of carbonyl (C=O) groups excluding carboxylic acids is 4. The number of rotatable bonds is 9. The van der Waals surface area contributed by atoms with E-state index in [4.69, 9.17) is 4.74 Å². The lowest BCUT2D eigenvalue weighted by Gasteiger charge is -2.47. The third-order valence-corrected chi connectivity index (χ3v) is 11.7. The highest BCUT2D eigenvalue weighted by molar-refractivity contribution is 6.10. The van der Waals surface area contributed by atoms with Gasteiger partial charge in [-0.1, -0.05) is 44.2 Å². The van der Waals surface area contributed by atoms with E-state index in [1.165, 1.54) is 66.2 Å². The SMILES string of the molecule is CCC1(Cc2ccc(F)cc2)C(=O)N(C)C(=Cc2c(C#N)ccc(F)c2F)C(=O)N1C.CCC1(Cc2ccc(F)cc2)C(=O)N(C)C(=Cc2c(C#N)cccc2OC)C(=O)N1C. The van der Waals surface area contributed by atoms with Crippen molar-refractivity contribution in [3.63, 3.8) is 0 Å². The van der Waals surface area contributed by atoms with E-state index in [0.29, 0.717) is 28.9 Å². The van der Waals surface area contributed by atoms with Gasteiger partial charge in [0, 0.05) is 52.2 Å². The zero-order valence-electron chi connectivity index (χ0n) is 35.2. The Morgan fingerprint density at radius 3 is 1.44 bits per heavy atom. The van der Waals surface area contributed by atoms with Gasteiger partial charge in [0.25, 0.3) is 23.6 Å². The zero-order valence-corrected chi connectivity index (χ0v) is 35.2. The van der Waals surface area contributed by atoms with E-state index < -0.39 is 45.9 Å². The van der Waals surface area contributed by atoms with Crippen LogP contribution in [0.15, 0.2) is 90.3 Å². The molecule has 11 nitrogen and oxygen atoms in total. The van der Waals surface area contributed by atoms with Gasteiger partial charge in [0.05, 0.1) is 30.4 Å². The number of nitriles is 2. The summed E-state index contributed by atoms with van der Waals surface area (Å²) in [7, 11) is 7.46. The Kier molecular flexibility index (Phi) is 13.7. The minimum absolute atomic E-state index is 0.150. The van der Waals surface area contributed by atoms with Gasteiger partial charge in [0.2, 0.25) is 0 Å². The van der Waals surface area contributed by atoms with Crippen molar-refractivity contribution in [2.45, 2.75) is 50.6 Å². The molecule has 6 rings (SSSR count). The first-order valence-corrected chi connectivity index (χ1v) is 19.4. The van der Waals surface area contributed by atoms with Gasteiger partial charge in [-0.3, -0.25) is 19.2 Å². The molecular formula is C47H44F4N6O5. The molecule has 320 valence electrons. The molecule has 2 aliphatic rings. The molecule has 0 aliphatic carbocycles. The zero-order chi connectivity index (χ0) is 45.7. The Labute approximate surface area is 357 Å². The number of methoxy groups -OCH3 is 1. The quantitative estimate of drug-likeness (QED) is 0.131. The van der Waals surface area contributed by atoms with Crippen LogP contribution in [-0.2, 0) is 32.0 Å². The minimum Gasteiger partial charge on any atom is -0.496 e. The van der Waals surface area contributed by atoms with Gasteiger partial charge in [0.1, 0.15) is 39.9 Å². The van der Waals surface area contributed by atoms with Crippen LogP contribution >= 0.6 is 0 Å². The van der Waals surface area contributed by atoms with Crippen molar-refractivity contribution in [2.24, 2.45) is 0 Å². The summed E-state index contributed by atoms with van der Waals surface area (Å²) in [5, 5.41) is 18.7. The number of likely N-dealkylation sites (N-methyl/N-ethyl adjacent to an activating group) is 4. The fraction of sp³-hybridized carbons (Fsp3) is 0.277. The van der Waals surface area contributed by atoms with Gasteiger partial charge in [-0.2, -0.15) is 10.5 Å². The van der Waals surface area contributed by atoms with E-state index in [0.717, 1.165) is 28.7 Å². The number of halogens is 4. The van der Waals surface area contributed by atoms with E-state index in [9.17, 15) is 47.3 Å². The molecular weight excluding hydrogens is 805 g/mol. The predicted octanol–water partition coefficient (Wildman–Crippen LogP) is 7.01. The first kappa shape index (κ1) is 45.8. The van der Waals surface area contributed by atoms with Crippen LogP contribution in [0.4, 0.5) is 17.6 Å². The number of piperazine rings is 2. The lowest BCUT2D eigenvalue weighted by molar-refractivity contribution is -0.157. The summed E-state index contributed by atoms with van der Waals surface area (Å²) in [6.07, 6.45) is 3.62. The molecule has 2 saturated heterocycles. The summed E-state index contributed by atoms with van der Waals surface area (Å²) in [5.74, 6) is -4.40. The smallest absolute Gasteiger partial charge is 0.271 e. The lowest BCUT2D eigenvalue weighted by atomic mass is 9.82. The van der Waals surface area contributed by atoms with Crippen LogP contribution in [-0.4, -0.2) is 89.6 Å². The average Bonchev–Trinajstić information content (AvgIpc) is 3.28. The first-order chi connectivity index (χ1) is 29.4. The Morgan fingerprint density at radius 2 is 1.03 bits per heavy atom. The van der Waals surface area contributed by atoms with Gasteiger partial charge < -0.3 is 24.3 Å². The third-order valence-electron chi connectivity index (χ3n) is 11.7. The number of hydrogen-bond acceptors (Lipinski definition) is 7. The summed E-state index contributed by atoms with van der Waals surface area (Å²) in [6.45, 7) is 3.61. The lowest BCUT2D eigenvalue weighted by Crippen LogP contribution is -2.65. The van der Waals surface area contributed by atoms with Crippen LogP contribution in [0.5, 0.6) is 5.75 Å². The second-order valence-corrected chi connectivity index (χ2v) is 14.9. The molecule has 2 unspecified atom stereocenters. The maximum absolute atomic E-state index is 14.4. The molecule has 0 radical (unpaired) electrons. The van der Waals surface area contributed by atoms with Gasteiger partial charge in [0.15, 0.2) is 11.6 Å². The molecule has 0 aromatic heterocycles. The maximum atomic E-state index is 14.4. The van der Waals surface area contributed by atoms with Gasteiger partial charge in [-0.25, -0.2) is 17.6 Å². The Hall–Kier alpha value is -7.26. The number of nitrogens with zero attached hydrogens (tertiary/aromatic N) is 6. The first-order valence-electron chi connectivity index (χ1n) is 19.4. The van der Waals surface area contributed by atoms with E-state index in [1.54, 1.807) is 69.6 Å². The number of carbonyl (C=O) groups is 4. The summed E-state index contributed by atoms with van der Waals surface area (Å²) < 4.78 is 60.0. The van der Waals surface area contributed by atoms with Gasteiger partial charge in [-0.05, 0) is 84.7 Å². The number of hydrogen-bond donors (Lipinski definition) is 0. The van der Waals surface area contributed by atoms with Crippen molar-refractivity contribution >= 4 is 35.8 Å². The monoisotopic (exact) mass is 848 g/mol. The third kappa shape index (κ3) is 8.39. The van der Waals surface area contributed by atoms with E-state index in [1.807, 2.05) is 6.92 Å². The topological polar surface area (TPSA) is 138 Å². The maximum Gasteiger partial charge on any atom is 0.271 e. The summed E-state index contributed by atoms with van der Waals surface area (Å²) in [6, 6.07) is 22.4. The molecule has 2 atom stereocenters. The molecule has 62 heavy (non-hydrogen) atoms. The van der Waals surface area contributed by atoms with Crippen LogP contribution < -0.4 is 4.74 Å². The molecule has 0 spiro atoms. The fourth-order valence-corrected chi connectivity index (χ4v) is 7.81. The molecule has 0 N–H and O–H groups in total. The molecule has 0 saturated carbocycles. The Morgan fingerprint density at radius 1 is 0.613 bits per heavy atom. The highest BCUT2D eigenvalue weighted by atomic mass is 19.2. The molecule has 2 aliphatic heterocycles. The van der Waals surface area contributed by atoms with Crippen LogP contribution in [0.2, 0.25) is 0 Å². The van der Waals surface area contributed by atoms with Crippen molar-refractivity contribution in [3.05, 3.63) is 147 Å². The molecule has 2 fully saturated rings. The van der Waals surface area contributed by atoms with Crippen LogP contribution in [0.1, 0.15) is 60.1 Å². The highest BCUT2D eigenvalue weighted by Gasteiger charge is 2.52. The largest absolute Gasteiger partial charge is 0.496 e. The van der Waals surface area contributed by atoms with E-state index in [-0.39, 0.29) is 53.9 Å². The second-order valence-electron chi connectivity index (χ2n) is 14.9. The number of ether oxygens (including phenoxy) is 1. The number of benzene rings is 4. The molecule has 2 heterocycles. The predicted molar refractivity (Wildman–Crippen MR) is 222 cm³/mol. The molecule has 0 bridgehead atoms. The van der Waals surface area contributed by atoms with Crippen LogP contribution in [0.25, 0.3) is 12.2 Å². The van der Waals surface area contributed by atoms with Crippen LogP contribution in [0.3, 0.4) is 0 Å². The molecule has 15 heteroatoms. The van der Waals surface area contributed by atoms with Crippen molar-refractivity contribution in [1.82, 2.24) is 19.6 Å². The normalized spacial score (nSPS) is 20.3. The fourth-order valence-electron chi connectivity index (χ4n) is 7.81. The van der Waals surface area contributed by atoms with E-state index >= 15 is 0 Å². The average molecular weight is 849 g/mol. The van der Waals surface area contributed by atoms with Crippen molar-refractivity contribution in [2.75, 3.05) is 35.3 Å². The van der Waals surface area contributed by atoms with Crippen molar-refractivity contribution < 1.29 is 41.5 Å². The summed E-state index contributed by atoms with van der Waals surface area (Å²) >= 11 is 0. The van der Waals surface area contributed by atoms with E-state index in [2.05, 4.69) is 6.07 Å². The van der Waals surface area contributed by atoms with Gasteiger partial charge >= 0.3 is 0 Å². The summed E-state index contributed by atoms with van der Waals surface area (Å²) in [4.78, 5) is 58.7. The van der Waals surface area contributed by atoms with Crippen molar-refractivity contribution in [1.29, 1.82) is 10.5 Å². The Balaban J connectivity index is 0.000000234. The minimum atomic E-state index is -1.28. The molecule has 4 amide bonds. The molecule has 4 aromatic rings. The Bertz CT molecular complexity index is 2570.